The smallest absolute Gasteiger partial charge is 0.268 e. The SMILES string of the molecule is CC(C)OP(=S)(OC(C)C)C1(Cl)C(Cl)C(=O)N(CCCl)S1(=O)=O. The minimum absolute atomic E-state index is 0.0967. The number of hydrogen-bond donors (Lipinski definition) is 0. The summed E-state index contributed by atoms with van der Waals surface area (Å²) in [4.78, 5) is 12.3. The molecule has 0 aromatic carbocycles. The zero-order valence-electron chi connectivity index (χ0n) is 13.0. The fourth-order valence-corrected chi connectivity index (χ4v) is 11.0. The molecule has 136 valence electrons. The van der Waals surface area contributed by atoms with Gasteiger partial charge in [0.05, 0.1) is 18.8 Å². The molecular weight excluding hydrogens is 428 g/mol. The van der Waals surface area contributed by atoms with Gasteiger partial charge >= 0.3 is 0 Å². The van der Waals surface area contributed by atoms with Crippen LogP contribution in [0.1, 0.15) is 27.7 Å². The van der Waals surface area contributed by atoms with Gasteiger partial charge in [-0.3, -0.25) is 4.79 Å². The second-order valence-electron chi connectivity index (χ2n) is 5.38. The third-order valence-corrected chi connectivity index (χ3v) is 13.1. The van der Waals surface area contributed by atoms with Crippen molar-refractivity contribution >= 4 is 69.0 Å². The van der Waals surface area contributed by atoms with Crippen molar-refractivity contribution in [1.82, 2.24) is 4.31 Å². The molecule has 1 amide bonds. The molecule has 0 aromatic rings. The van der Waals surface area contributed by atoms with Gasteiger partial charge in [0, 0.05) is 5.88 Å². The molecule has 2 atom stereocenters. The lowest BCUT2D eigenvalue weighted by molar-refractivity contribution is -0.124. The van der Waals surface area contributed by atoms with Gasteiger partial charge in [0.2, 0.25) is 6.49 Å². The molecule has 1 saturated heterocycles. The third-order valence-electron chi connectivity index (χ3n) is 2.79. The van der Waals surface area contributed by atoms with Gasteiger partial charge in [-0.1, -0.05) is 11.6 Å². The van der Waals surface area contributed by atoms with Gasteiger partial charge in [-0.25, -0.2) is 12.7 Å². The fourth-order valence-electron chi connectivity index (χ4n) is 1.99. The summed E-state index contributed by atoms with van der Waals surface area (Å²) >= 11 is 23.5. The van der Waals surface area contributed by atoms with Crippen LogP contribution >= 0.6 is 41.3 Å². The molecule has 23 heavy (non-hydrogen) atoms. The number of halogens is 3. The monoisotopic (exact) mass is 445 g/mol. The minimum atomic E-state index is -4.41. The summed E-state index contributed by atoms with van der Waals surface area (Å²) in [5.74, 6) is -0.975. The molecule has 0 N–H and O–H groups in total. The Morgan fingerprint density at radius 2 is 1.74 bits per heavy atom. The summed E-state index contributed by atoms with van der Waals surface area (Å²) in [6, 6.07) is 0. The zero-order chi connectivity index (χ0) is 18.2. The van der Waals surface area contributed by atoms with Crippen LogP contribution in [0.4, 0.5) is 0 Å². The van der Waals surface area contributed by atoms with Crippen LogP contribution in [0.3, 0.4) is 0 Å². The van der Waals surface area contributed by atoms with Crippen molar-refractivity contribution in [3.63, 3.8) is 0 Å². The summed E-state index contributed by atoms with van der Waals surface area (Å²) in [6.07, 6.45) is -0.932. The molecule has 0 spiro atoms. The van der Waals surface area contributed by atoms with E-state index in [1.165, 1.54) is 0 Å². The molecule has 0 radical (unpaired) electrons. The highest BCUT2D eigenvalue weighted by molar-refractivity contribution is 8.18. The summed E-state index contributed by atoms with van der Waals surface area (Å²) in [7, 11) is -4.41. The number of nitrogens with zero attached hydrogens (tertiary/aromatic N) is 1. The molecule has 12 heteroatoms. The Hall–Kier alpha value is 0.860. The number of alkyl halides is 3. The molecule has 6 nitrogen and oxygen atoms in total. The summed E-state index contributed by atoms with van der Waals surface area (Å²) < 4.78 is 35.1. The van der Waals surface area contributed by atoms with E-state index < -0.39 is 44.0 Å². The topological polar surface area (TPSA) is 72.9 Å². The van der Waals surface area contributed by atoms with Crippen molar-refractivity contribution in [2.75, 3.05) is 12.4 Å². The van der Waals surface area contributed by atoms with E-state index in [-0.39, 0.29) is 12.4 Å². The average Bonchev–Trinajstić information content (AvgIpc) is 2.50. The standard InChI is InChI=1S/C11H19Cl3NO5PS2/c1-7(2)19-21(22,20-8(3)4)11(14)9(13)10(16)15(6-5-12)23(11,17)18/h7-9H,5-6H2,1-4H3. The highest BCUT2D eigenvalue weighted by atomic mass is 35.5. The quantitative estimate of drug-likeness (QED) is 0.442. The Kier molecular flexibility index (Phi) is 7.26. The van der Waals surface area contributed by atoms with E-state index in [1.807, 2.05) is 0 Å². The van der Waals surface area contributed by atoms with Crippen molar-refractivity contribution in [1.29, 1.82) is 0 Å². The Morgan fingerprint density at radius 3 is 2.09 bits per heavy atom. The molecule has 0 aliphatic carbocycles. The first-order valence-electron chi connectivity index (χ1n) is 6.77. The fraction of sp³-hybridized carbons (Fsp3) is 0.909. The van der Waals surface area contributed by atoms with E-state index in [2.05, 4.69) is 0 Å². The van der Waals surface area contributed by atoms with Gasteiger partial charge in [0.15, 0.2) is 5.38 Å². The second kappa shape index (κ2) is 7.62. The first-order chi connectivity index (χ1) is 10.3. The van der Waals surface area contributed by atoms with Crippen LogP contribution < -0.4 is 0 Å². The van der Waals surface area contributed by atoms with Gasteiger partial charge in [-0.05, 0) is 39.5 Å². The van der Waals surface area contributed by atoms with Gasteiger partial charge in [0.25, 0.3) is 19.9 Å². The lowest BCUT2D eigenvalue weighted by Gasteiger charge is -2.36. The molecule has 1 heterocycles. The van der Waals surface area contributed by atoms with E-state index >= 15 is 0 Å². The van der Waals surface area contributed by atoms with Crippen LogP contribution in [0.5, 0.6) is 0 Å². The number of carbonyl (C=O) groups excluding carboxylic acids is 1. The third kappa shape index (κ3) is 3.70. The van der Waals surface area contributed by atoms with Crippen LogP contribution in [-0.2, 0) is 35.7 Å². The first kappa shape index (κ1) is 21.9. The maximum atomic E-state index is 12.9. The predicted molar refractivity (Wildman–Crippen MR) is 96.3 cm³/mol. The largest absolute Gasteiger partial charge is 0.325 e. The molecule has 0 aromatic heterocycles. The Bertz CT molecular complexity index is 601. The highest BCUT2D eigenvalue weighted by Gasteiger charge is 2.71. The Morgan fingerprint density at radius 1 is 1.30 bits per heavy atom. The van der Waals surface area contributed by atoms with Gasteiger partial charge in [0.1, 0.15) is 0 Å². The molecule has 0 saturated carbocycles. The van der Waals surface area contributed by atoms with E-state index in [0.29, 0.717) is 4.31 Å². The van der Waals surface area contributed by atoms with Crippen molar-refractivity contribution in [2.24, 2.45) is 0 Å². The van der Waals surface area contributed by atoms with Crippen molar-refractivity contribution in [3.8, 4) is 0 Å². The minimum Gasteiger partial charge on any atom is -0.325 e. The van der Waals surface area contributed by atoms with Crippen molar-refractivity contribution < 1.29 is 22.3 Å². The first-order valence-corrected chi connectivity index (χ1v) is 12.2. The van der Waals surface area contributed by atoms with Crippen LogP contribution in [0, 0.1) is 0 Å². The maximum absolute atomic E-state index is 12.9. The predicted octanol–water partition coefficient (Wildman–Crippen LogP) is 3.06. The number of carbonyl (C=O) groups is 1. The van der Waals surface area contributed by atoms with Gasteiger partial charge in [-0.15, -0.1) is 23.2 Å². The lowest BCUT2D eigenvalue weighted by atomic mass is 10.4. The van der Waals surface area contributed by atoms with Crippen molar-refractivity contribution in [2.45, 2.75) is 49.2 Å². The summed E-state index contributed by atoms with van der Waals surface area (Å²) in [5, 5.41) is -1.62. The van der Waals surface area contributed by atoms with E-state index in [9.17, 15) is 13.2 Å². The zero-order valence-corrected chi connectivity index (χ0v) is 17.8. The number of amides is 1. The normalized spacial score (nSPS) is 28.1. The van der Waals surface area contributed by atoms with Gasteiger partial charge in [-0.2, -0.15) is 0 Å². The van der Waals surface area contributed by atoms with Crippen LogP contribution in [-0.4, -0.2) is 52.6 Å². The van der Waals surface area contributed by atoms with Crippen LogP contribution in [0.25, 0.3) is 0 Å². The molecule has 1 aliphatic heterocycles. The molecular formula is C11H19Cl3NO5PS2. The van der Waals surface area contributed by atoms with E-state index in [4.69, 9.17) is 55.7 Å². The van der Waals surface area contributed by atoms with E-state index in [0.717, 1.165) is 0 Å². The molecule has 1 fully saturated rings. The Labute approximate surface area is 156 Å². The maximum Gasteiger partial charge on any atom is 0.268 e. The summed E-state index contributed by atoms with van der Waals surface area (Å²) in [6.45, 7) is 2.70. The molecule has 0 bridgehead atoms. The molecule has 1 aliphatic rings. The van der Waals surface area contributed by atoms with E-state index in [1.54, 1.807) is 27.7 Å². The molecule has 1 rings (SSSR count). The summed E-state index contributed by atoms with van der Waals surface area (Å²) in [5.41, 5.74) is 0. The van der Waals surface area contributed by atoms with Gasteiger partial charge < -0.3 is 9.05 Å². The van der Waals surface area contributed by atoms with Crippen LogP contribution in [0.15, 0.2) is 0 Å². The average molecular weight is 447 g/mol. The Balaban J connectivity index is 3.55. The van der Waals surface area contributed by atoms with Crippen LogP contribution in [0.2, 0.25) is 0 Å². The molecule has 2 unspecified atom stereocenters. The number of sulfonamides is 1. The number of rotatable bonds is 7. The number of hydrogen-bond acceptors (Lipinski definition) is 6. The highest BCUT2D eigenvalue weighted by Crippen LogP contribution is 2.70. The van der Waals surface area contributed by atoms with Crippen molar-refractivity contribution in [3.05, 3.63) is 0 Å². The second-order valence-corrected chi connectivity index (χ2v) is 13.2. The lowest BCUT2D eigenvalue weighted by Crippen LogP contribution is -2.40.